The average molecular weight is 518 g/mol. The molecule has 196 valence electrons. The van der Waals surface area contributed by atoms with Crippen LogP contribution in [0, 0.1) is 11.3 Å². The van der Waals surface area contributed by atoms with E-state index in [9.17, 15) is 0 Å². The molecule has 0 N–H and O–H groups in total. The zero-order valence-corrected chi connectivity index (χ0v) is 22.8. The lowest BCUT2D eigenvalue weighted by Gasteiger charge is -1.99. The molecule has 0 aliphatic carbocycles. The van der Waals surface area contributed by atoms with Crippen molar-refractivity contribution in [3.8, 4) is 6.07 Å². The molecule has 1 heteroatoms. The molecule has 0 saturated heterocycles. The first-order valence-corrected chi connectivity index (χ1v) is 13.0. The fraction of sp³-hybridized carbons (Fsp3) is 0. The van der Waals surface area contributed by atoms with Crippen LogP contribution in [0.4, 0.5) is 0 Å². The van der Waals surface area contributed by atoms with Crippen LogP contribution in [-0.2, 0) is 0 Å². The molecular weight excluding hydrogens is 482 g/mol. The molecule has 3 rings (SSSR count). The minimum atomic E-state index is 1.03. The molecule has 0 atom stereocenters. The molecule has 0 amide bonds. The van der Waals surface area contributed by atoms with E-state index in [1.54, 1.807) is 24.3 Å². The minimum Gasteiger partial charge on any atom is -0.193 e. The summed E-state index contributed by atoms with van der Waals surface area (Å²) >= 11 is 0. The molecule has 0 radical (unpaired) electrons. The van der Waals surface area contributed by atoms with Gasteiger partial charge in [0.1, 0.15) is 0 Å². The van der Waals surface area contributed by atoms with Crippen molar-refractivity contribution in [3.63, 3.8) is 0 Å². The first kappa shape index (κ1) is 30.8. The molecule has 0 saturated carbocycles. The summed E-state index contributed by atoms with van der Waals surface area (Å²) < 4.78 is 0. The fourth-order valence-electron chi connectivity index (χ4n) is 3.26. The number of allylic oxidation sites excluding steroid dienone is 15. The number of nitrogens with zero attached hydrogens (tertiary/aromatic N) is 1. The van der Waals surface area contributed by atoms with Gasteiger partial charge in [0, 0.05) is 6.08 Å². The van der Waals surface area contributed by atoms with Crippen LogP contribution in [-0.4, -0.2) is 0 Å². The lowest BCUT2D eigenvalue weighted by atomic mass is 10.1. The first-order chi connectivity index (χ1) is 19.7. The van der Waals surface area contributed by atoms with Crippen molar-refractivity contribution < 1.29 is 0 Å². The molecule has 0 fully saturated rings. The summed E-state index contributed by atoms with van der Waals surface area (Å²) in [6, 6.07) is 33.0. The molecule has 3 aromatic rings. The second-order valence-corrected chi connectivity index (χ2v) is 8.27. The van der Waals surface area contributed by atoms with Crippen LogP contribution in [0.1, 0.15) is 16.7 Å². The van der Waals surface area contributed by atoms with Gasteiger partial charge in [-0.2, -0.15) is 5.26 Å². The Kier molecular flexibility index (Phi) is 15.8. The number of nitriles is 1. The van der Waals surface area contributed by atoms with Crippen molar-refractivity contribution in [3.05, 3.63) is 211 Å². The van der Waals surface area contributed by atoms with Crippen molar-refractivity contribution in [1.29, 1.82) is 5.26 Å². The zero-order valence-electron chi connectivity index (χ0n) is 22.8. The summed E-state index contributed by atoms with van der Waals surface area (Å²) in [5, 5.41) is 8.28. The van der Waals surface area contributed by atoms with E-state index in [2.05, 4.69) is 116 Å². The summed E-state index contributed by atoms with van der Waals surface area (Å²) in [4.78, 5) is 0. The topological polar surface area (TPSA) is 23.8 Å². The van der Waals surface area contributed by atoms with E-state index in [4.69, 9.17) is 5.26 Å². The summed E-state index contributed by atoms with van der Waals surface area (Å²) in [5.41, 5.74) is 5.78. The fourth-order valence-corrected chi connectivity index (χ4v) is 3.26. The Morgan fingerprint density at radius 1 is 0.525 bits per heavy atom. The third-order valence-electron chi connectivity index (χ3n) is 5.20. The lowest BCUT2D eigenvalue weighted by molar-refractivity contribution is 1.53. The van der Waals surface area contributed by atoms with Crippen LogP contribution >= 0.6 is 0 Å². The Bertz CT molecular complexity index is 1360. The Labute approximate surface area is 240 Å². The van der Waals surface area contributed by atoms with Gasteiger partial charge in [-0.3, -0.25) is 0 Å². The predicted molar refractivity (Wildman–Crippen MR) is 176 cm³/mol. The van der Waals surface area contributed by atoms with Crippen molar-refractivity contribution >= 4 is 18.2 Å². The second-order valence-electron chi connectivity index (χ2n) is 8.27. The average Bonchev–Trinajstić information content (AvgIpc) is 3.01. The smallest absolute Gasteiger partial charge is 0.0912 e. The SMILES string of the molecule is C(=Cc1ccccc1)C(C=Cc1ccccc1)=Cc1ccccc1.C=CC=CC(C=CC=C)=CC=CC=CC#N. The lowest BCUT2D eigenvalue weighted by Crippen LogP contribution is -1.77. The van der Waals surface area contributed by atoms with E-state index in [1.807, 2.05) is 60.7 Å². The number of rotatable bonds is 11. The molecule has 0 aliphatic heterocycles. The van der Waals surface area contributed by atoms with E-state index < -0.39 is 0 Å². The largest absolute Gasteiger partial charge is 0.193 e. The van der Waals surface area contributed by atoms with Crippen molar-refractivity contribution in [2.45, 2.75) is 0 Å². The Morgan fingerprint density at radius 2 is 1.00 bits per heavy atom. The van der Waals surface area contributed by atoms with Gasteiger partial charge < -0.3 is 0 Å². The van der Waals surface area contributed by atoms with Crippen molar-refractivity contribution in [2.75, 3.05) is 0 Å². The zero-order chi connectivity index (χ0) is 28.5. The van der Waals surface area contributed by atoms with Gasteiger partial charge >= 0.3 is 0 Å². The summed E-state index contributed by atoms with van der Waals surface area (Å²) in [6.45, 7) is 7.22. The molecule has 0 bridgehead atoms. The quantitative estimate of drug-likeness (QED) is 0.183. The second kappa shape index (κ2) is 20.6. The van der Waals surface area contributed by atoms with Gasteiger partial charge in [-0.25, -0.2) is 0 Å². The van der Waals surface area contributed by atoms with Crippen LogP contribution in [0.3, 0.4) is 0 Å². The Balaban J connectivity index is 0.000000307. The van der Waals surface area contributed by atoms with Gasteiger partial charge in [-0.05, 0) is 33.9 Å². The predicted octanol–water partition coefficient (Wildman–Crippen LogP) is 10.5. The van der Waals surface area contributed by atoms with E-state index >= 15 is 0 Å². The van der Waals surface area contributed by atoms with E-state index in [1.165, 1.54) is 22.8 Å². The van der Waals surface area contributed by atoms with Crippen LogP contribution < -0.4 is 0 Å². The molecule has 3 aromatic carbocycles. The van der Waals surface area contributed by atoms with Crippen molar-refractivity contribution in [2.24, 2.45) is 0 Å². The highest BCUT2D eigenvalue weighted by Crippen LogP contribution is 2.14. The Morgan fingerprint density at radius 3 is 1.45 bits per heavy atom. The van der Waals surface area contributed by atoms with Gasteiger partial charge in [0.15, 0.2) is 0 Å². The summed E-state index contributed by atoms with van der Waals surface area (Å²) in [6.07, 6.45) is 30.5. The third kappa shape index (κ3) is 14.3. The maximum Gasteiger partial charge on any atom is 0.0912 e. The number of benzene rings is 3. The third-order valence-corrected chi connectivity index (χ3v) is 5.20. The van der Waals surface area contributed by atoms with Gasteiger partial charge in [0.05, 0.1) is 6.07 Å². The van der Waals surface area contributed by atoms with E-state index in [-0.39, 0.29) is 0 Å². The molecule has 0 unspecified atom stereocenters. The van der Waals surface area contributed by atoms with Gasteiger partial charge in [0.2, 0.25) is 0 Å². The van der Waals surface area contributed by atoms with E-state index in [0.717, 1.165) is 11.1 Å². The highest BCUT2D eigenvalue weighted by Gasteiger charge is 1.92. The van der Waals surface area contributed by atoms with Crippen molar-refractivity contribution in [1.82, 2.24) is 0 Å². The maximum absolute atomic E-state index is 8.28. The summed E-state index contributed by atoms with van der Waals surface area (Å²) in [5.74, 6) is 0. The summed E-state index contributed by atoms with van der Waals surface area (Å²) in [7, 11) is 0. The highest BCUT2D eigenvalue weighted by atomic mass is 14.2. The van der Waals surface area contributed by atoms with Crippen LogP contribution in [0.5, 0.6) is 0 Å². The number of hydrogen-bond donors (Lipinski definition) is 0. The normalized spacial score (nSPS) is 11.1. The maximum atomic E-state index is 8.28. The minimum absolute atomic E-state index is 1.03. The standard InChI is InChI=1S/C24H20.C15H15N/c1-4-10-21(11-5-1)16-18-24(20-23-14-8-3-9-15-23)19-17-22-12-6-2-7-13-22;1-3-5-11-15(12-6-4-2)13-9-7-8-10-14-16/h1-20H;3-13H,1-2H2. The first-order valence-electron chi connectivity index (χ1n) is 13.0. The molecule has 40 heavy (non-hydrogen) atoms. The van der Waals surface area contributed by atoms with E-state index in [0.29, 0.717) is 0 Å². The van der Waals surface area contributed by atoms with Gasteiger partial charge in [-0.15, -0.1) is 0 Å². The molecule has 1 nitrogen and oxygen atoms in total. The highest BCUT2D eigenvalue weighted by molar-refractivity contribution is 5.68. The van der Waals surface area contributed by atoms with Crippen LogP contribution in [0.15, 0.2) is 194 Å². The molecule has 0 aromatic heterocycles. The van der Waals surface area contributed by atoms with Crippen LogP contribution in [0.25, 0.3) is 18.2 Å². The molecule has 0 aliphatic rings. The Hall–Kier alpha value is -5.45. The molecule has 0 heterocycles. The van der Waals surface area contributed by atoms with Crippen LogP contribution in [0.2, 0.25) is 0 Å². The van der Waals surface area contributed by atoms with Gasteiger partial charge in [0.25, 0.3) is 0 Å². The monoisotopic (exact) mass is 517 g/mol. The molecular formula is C39H35N. The number of hydrogen-bond acceptors (Lipinski definition) is 1. The molecule has 0 spiro atoms. The van der Waals surface area contributed by atoms with Gasteiger partial charge in [-0.1, -0.05) is 189 Å².